The van der Waals surface area contributed by atoms with E-state index >= 15 is 0 Å². The van der Waals surface area contributed by atoms with Crippen LogP contribution in [0.15, 0.2) is 0 Å². The quantitative estimate of drug-likeness (QED) is 0.374. The number of hydrogen-bond donors (Lipinski definition) is 0. The van der Waals surface area contributed by atoms with Crippen molar-refractivity contribution in [2.45, 2.75) is 38.2 Å². The first-order valence-electron chi connectivity index (χ1n) is 3.98. The van der Waals surface area contributed by atoms with E-state index in [0.29, 0.717) is 0 Å². The molecular formula is C8H11CsO4. The Morgan fingerprint density at radius 1 is 1.31 bits per heavy atom. The first kappa shape index (κ1) is 14.0. The maximum absolute atomic E-state index is 10.6. The zero-order chi connectivity index (χ0) is 9.19. The van der Waals surface area contributed by atoms with Crippen LogP contribution < -0.4 is 74.0 Å². The number of aliphatic carboxylic acids is 1. The predicted octanol–water partition coefficient (Wildman–Crippen LogP) is -3.38. The number of carboxylic acids is 1. The van der Waals surface area contributed by atoms with Crippen molar-refractivity contribution < 1.29 is 88.3 Å². The molecule has 1 saturated carbocycles. The SMILES string of the molecule is CC1(OC(=O)C(=O)[O-])CCCC1.[Cs+]. The van der Waals surface area contributed by atoms with E-state index in [-0.39, 0.29) is 68.9 Å². The average molecular weight is 304 g/mol. The van der Waals surface area contributed by atoms with Gasteiger partial charge in [0.05, 0.1) is 0 Å². The molecule has 13 heavy (non-hydrogen) atoms. The first-order chi connectivity index (χ1) is 5.53. The third-order valence-electron chi connectivity index (χ3n) is 2.17. The topological polar surface area (TPSA) is 66.4 Å². The molecule has 0 aromatic heterocycles. The summed E-state index contributed by atoms with van der Waals surface area (Å²) in [5, 5.41) is 10.0. The molecule has 68 valence electrons. The van der Waals surface area contributed by atoms with Crippen molar-refractivity contribution in [3.05, 3.63) is 0 Å². The molecule has 0 aliphatic heterocycles. The average Bonchev–Trinajstić information content (AvgIpc) is 2.35. The van der Waals surface area contributed by atoms with Crippen molar-refractivity contribution >= 4 is 11.9 Å². The zero-order valence-electron chi connectivity index (χ0n) is 7.96. The van der Waals surface area contributed by atoms with Gasteiger partial charge in [-0.3, -0.25) is 0 Å². The molecule has 0 amide bonds. The number of carbonyl (C=O) groups excluding carboxylic acids is 2. The Bertz CT molecular complexity index is 208. The molecule has 0 heterocycles. The molecule has 0 unspecified atom stereocenters. The summed E-state index contributed by atoms with van der Waals surface area (Å²) in [6.45, 7) is 1.75. The fourth-order valence-electron chi connectivity index (χ4n) is 1.49. The maximum atomic E-state index is 10.6. The van der Waals surface area contributed by atoms with Crippen molar-refractivity contribution in [3.8, 4) is 0 Å². The van der Waals surface area contributed by atoms with Crippen LogP contribution in [0, 0.1) is 0 Å². The van der Waals surface area contributed by atoms with E-state index in [2.05, 4.69) is 0 Å². The Balaban J connectivity index is 0.00000144. The first-order valence-corrected chi connectivity index (χ1v) is 3.98. The van der Waals surface area contributed by atoms with Crippen LogP contribution in [0.4, 0.5) is 0 Å². The van der Waals surface area contributed by atoms with Crippen LogP contribution >= 0.6 is 0 Å². The van der Waals surface area contributed by atoms with Gasteiger partial charge in [-0.2, -0.15) is 0 Å². The van der Waals surface area contributed by atoms with Gasteiger partial charge in [0.25, 0.3) is 0 Å². The largest absolute Gasteiger partial charge is 1.00 e. The summed E-state index contributed by atoms with van der Waals surface area (Å²) in [7, 11) is 0. The van der Waals surface area contributed by atoms with Gasteiger partial charge >= 0.3 is 74.9 Å². The van der Waals surface area contributed by atoms with Crippen LogP contribution in [0.25, 0.3) is 0 Å². The Morgan fingerprint density at radius 2 is 1.77 bits per heavy atom. The standard InChI is InChI=1S/C8H12O4.Cs/c1-8(4-2-3-5-8)12-7(11)6(9)10;/h2-5H2,1H3,(H,9,10);/q;+1/p-1. The molecule has 0 saturated heterocycles. The molecule has 0 atom stereocenters. The van der Waals surface area contributed by atoms with Gasteiger partial charge in [0.1, 0.15) is 5.60 Å². The van der Waals surface area contributed by atoms with E-state index in [1.165, 1.54) is 0 Å². The Kier molecular flexibility index (Phi) is 6.21. The van der Waals surface area contributed by atoms with E-state index in [1.54, 1.807) is 6.92 Å². The predicted molar refractivity (Wildman–Crippen MR) is 38.0 cm³/mol. The molecular weight excluding hydrogens is 293 g/mol. The molecule has 1 aliphatic carbocycles. The summed E-state index contributed by atoms with van der Waals surface area (Å²) in [4.78, 5) is 20.7. The van der Waals surface area contributed by atoms with E-state index in [9.17, 15) is 14.7 Å². The van der Waals surface area contributed by atoms with Crippen LogP contribution in [0.5, 0.6) is 0 Å². The normalized spacial score (nSPS) is 18.8. The van der Waals surface area contributed by atoms with E-state index < -0.39 is 17.5 Å². The van der Waals surface area contributed by atoms with Gasteiger partial charge in [0.15, 0.2) is 5.97 Å². The summed E-state index contributed by atoms with van der Waals surface area (Å²) in [6.07, 6.45) is 3.45. The summed E-state index contributed by atoms with van der Waals surface area (Å²) >= 11 is 0. The van der Waals surface area contributed by atoms with Gasteiger partial charge in [-0.15, -0.1) is 0 Å². The van der Waals surface area contributed by atoms with Crippen LogP contribution in [0.3, 0.4) is 0 Å². The number of esters is 1. The van der Waals surface area contributed by atoms with Gasteiger partial charge < -0.3 is 14.6 Å². The number of carboxylic acid groups (broad SMARTS) is 1. The van der Waals surface area contributed by atoms with Crippen molar-refractivity contribution in [1.29, 1.82) is 0 Å². The van der Waals surface area contributed by atoms with Crippen molar-refractivity contribution in [3.63, 3.8) is 0 Å². The third-order valence-corrected chi connectivity index (χ3v) is 2.17. The molecule has 0 aromatic carbocycles. The fourth-order valence-corrected chi connectivity index (χ4v) is 1.49. The molecule has 5 heteroatoms. The molecule has 4 nitrogen and oxygen atoms in total. The van der Waals surface area contributed by atoms with E-state index in [1.807, 2.05) is 0 Å². The van der Waals surface area contributed by atoms with E-state index in [4.69, 9.17) is 4.74 Å². The number of hydrogen-bond acceptors (Lipinski definition) is 4. The summed E-state index contributed by atoms with van der Waals surface area (Å²) < 4.78 is 4.76. The van der Waals surface area contributed by atoms with Gasteiger partial charge in [-0.25, -0.2) is 4.79 Å². The summed E-state index contributed by atoms with van der Waals surface area (Å²) in [5.74, 6) is -3.01. The fraction of sp³-hybridized carbons (Fsp3) is 0.750. The Morgan fingerprint density at radius 3 is 2.15 bits per heavy atom. The summed E-state index contributed by atoms with van der Waals surface area (Å²) in [5.41, 5.74) is -0.572. The summed E-state index contributed by atoms with van der Waals surface area (Å²) in [6, 6.07) is 0. The number of ether oxygens (including phenoxy) is 1. The van der Waals surface area contributed by atoms with Crippen molar-refractivity contribution in [2.75, 3.05) is 0 Å². The molecule has 0 N–H and O–H groups in total. The Labute approximate surface area is 136 Å². The van der Waals surface area contributed by atoms with Crippen LogP contribution in [-0.4, -0.2) is 17.5 Å². The molecule has 1 aliphatic rings. The minimum Gasteiger partial charge on any atom is -0.539 e. The van der Waals surface area contributed by atoms with Gasteiger partial charge in [0.2, 0.25) is 0 Å². The molecule has 1 fully saturated rings. The van der Waals surface area contributed by atoms with Crippen molar-refractivity contribution in [1.82, 2.24) is 0 Å². The molecule has 0 bridgehead atoms. The minimum absolute atomic E-state index is 0. The number of rotatable bonds is 1. The van der Waals surface area contributed by atoms with Crippen molar-refractivity contribution in [2.24, 2.45) is 0 Å². The van der Waals surface area contributed by atoms with Gasteiger partial charge in [-0.1, -0.05) is 0 Å². The zero-order valence-corrected chi connectivity index (χ0v) is 14.2. The van der Waals surface area contributed by atoms with E-state index in [0.717, 1.165) is 25.7 Å². The molecule has 1 rings (SSSR count). The second-order valence-electron chi connectivity index (χ2n) is 3.33. The number of carbonyl (C=O) groups is 2. The van der Waals surface area contributed by atoms with Crippen LogP contribution in [0.2, 0.25) is 0 Å². The smallest absolute Gasteiger partial charge is 0.539 e. The minimum atomic E-state index is -1.76. The molecule has 0 radical (unpaired) electrons. The second-order valence-corrected chi connectivity index (χ2v) is 3.33. The monoisotopic (exact) mass is 304 g/mol. The second kappa shape index (κ2) is 5.77. The van der Waals surface area contributed by atoms with Crippen LogP contribution in [-0.2, 0) is 14.3 Å². The Hall–Kier alpha value is 0.992. The maximum Gasteiger partial charge on any atom is 1.00 e. The van der Waals surface area contributed by atoms with Crippen LogP contribution in [0.1, 0.15) is 32.6 Å². The molecule has 0 aromatic rings. The van der Waals surface area contributed by atoms with Gasteiger partial charge in [-0.05, 0) is 32.6 Å². The molecule has 0 spiro atoms. The van der Waals surface area contributed by atoms with Gasteiger partial charge in [0, 0.05) is 0 Å². The third kappa shape index (κ3) is 4.35.